The van der Waals surface area contributed by atoms with Gasteiger partial charge >= 0.3 is 0 Å². The van der Waals surface area contributed by atoms with Gasteiger partial charge in [-0.2, -0.15) is 0 Å². The fourth-order valence-electron chi connectivity index (χ4n) is 4.27. The first-order valence-corrected chi connectivity index (χ1v) is 15.1. The number of anilines is 1. The quantitative estimate of drug-likeness (QED) is 0.334. The summed E-state index contributed by atoms with van der Waals surface area (Å²) in [5, 5.41) is 3.52. The van der Waals surface area contributed by atoms with Crippen molar-refractivity contribution in [1.29, 1.82) is 0 Å². The van der Waals surface area contributed by atoms with E-state index in [1.165, 1.54) is 4.90 Å². The van der Waals surface area contributed by atoms with Crippen molar-refractivity contribution in [2.24, 2.45) is 0 Å². The lowest BCUT2D eigenvalue weighted by molar-refractivity contribution is -0.140. The van der Waals surface area contributed by atoms with Crippen LogP contribution in [0.3, 0.4) is 0 Å². The number of carbonyl (C=O) groups is 2. The number of benzene rings is 3. The number of nitrogens with one attached hydrogen (secondary N) is 1. The van der Waals surface area contributed by atoms with Gasteiger partial charge in [0.15, 0.2) is 0 Å². The van der Waals surface area contributed by atoms with Crippen LogP contribution in [-0.4, -0.2) is 50.0 Å². The smallest absolute Gasteiger partial charge is 0.244 e. The van der Waals surface area contributed by atoms with E-state index in [9.17, 15) is 18.0 Å². The lowest BCUT2D eigenvalue weighted by Gasteiger charge is -2.34. The summed E-state index contributed by atoms with van der Waals surface area (Å²) in [5.41, 5.74) is 2.74. The maximum atomic E-state index is 14.1. The summed E-state index contributed by atoms with van der Waals surface area (Å²) >= 11 is 6.24. The summed E-state index contributed by atoms with van der Waals surface area (Å²) in [4.78, 5) is 29.2. The van der Waals surface area contributed by atoms with E-state index in [1.54, 1.807) is 43.3 Å². The van der Waals surface area contributed by atoms with Crippen LogP contribution in [0.2, 0.25) is 5.02 Å². The highest BCUT2D eigenvalue weighted by Gasteiger charge is 2.33. The van der Waals surface area contributed by atoms with E-state index in [4.69, 9.17) is 11.6 Å². The Morgan fingerprint density at radius 2 is 1.59 bits per heavy atom. The maximum absolute atomic E-state index is 14.1. The first-order chi connectivity index (χ1) is 18.5. The first-order valence-electron chi connectivity index (χ1n) is 12.9. The van der Waals surface area contributed by atoms with Gasteiger partial charge in [-0.1, -0.05) is 79.2 Å². The molecule has 3 aromatic carbocycles. The number of para-hydroxylation sites is 1. The van der Waals surface area contributed by atoms with Crippen LogP contribution in [0.15, 0.2) is 78.9 Å². The molecular weight excluding hydrogens is 534 g/mol. The molecule has 2 amide bonds. The molecule has 9 heteroatoms. The van der Waals surface area contributed by atoms with Gasteiger partial charge in [0.05, 0.1) is 11.9 Å². The van der Waals surface area contributed by atoms with Gasteiger partial charge in [-0.15, -0.1) is 0 Å². The van der Waals surface area contributed by atoms with Crippen LogP contribution in [0.25, 0.3) is 0 Å². The van der Waals surface area contributed by atoms with Gasteiger partial charge in [0.2, 0.25) is 21.8 Å². The lowest BCUT2D eigenvalue weighted by Crippen LogP contribution is -2.54. The maximum Gasteiger partial charge on any atom is 0.244 e. The molecule has 3 aromatic rings. The molecule has 0 bridgehead atoms. The summed E-state index contributed by atoms with van der Waals surface area (Å²) in [6, 6.07) is 22.6. The molecule has 7 nitrogen and oxygen atoms in total. The minimum absolute atomic E-state index is 0.0796. The van der Waals surface area contributed by atoms with Crippen LogP contribution in [0.5, 0.6) is 0 Å². The average Bonchev–Trinajstić information content (AvgIpc) is 2.89. The minimum Gasteiger partial charge on any atom is -0.352 e. The predicted molar refractivity (Wildman–Crippen MR) is 157 cm³/mol. The van der Waals surface area contributed by atoms with E-state index in [-0.39, 0.29) is 24.9 Å². The third-order valence-corrected chi connectivity index (χ3v) is 7.94. The van der Waals surface area contributed by atoms with Crippen LogP contribution < -0.4 is 9.62 Å². The fraction of sp³-hybridized carbons (Fsp3) is 0.333. The predicted octanol–water partition coefficient (Wildman–Crippen LogP) is 4.97. The van der Waals surface area contributed by atoms with Crippen LogP contribution >= 0.6 is 11.6 Å². The molecule has 3 rings (SSSR count). The van der Waals surface area contributed by atoms with Crippen molar-refractivity contribution in [1.82, 2.24) is 10.2 Å². The second-order valence-electron chi connectivity index (χ2n) is 9.73. The zero-order valence-electron chi connectivity index (χ0n) is 22.8. The normalized spacial score (nSPS) is 12.8. The van der Waals surface area contributed by atoms with Gasteiger partial charge in [0.25, 0.3) is 0 Å². The number of hydrogen-bond acceptors (Lipinski definition) is 4. The molecule has 0 aromatic heterocycles. The highest BCUT2D eigenvalue weighted by atomic mass is 35.5. The SMILES string of the molecule is CC[C@@H](C)NC(=O)[C@@H](Cc1ccccc1)N(Cc1cccc(Cl)c1)C(=O)CN(c1ccccc1C)S(C)(=O)=O. The largest absolute Gasteiger partial charge is 0.352 e. The van der Waals surface area contributed by atoms with E-state index in [0.29, 0.717) is 16.3 Å². The van der Waals surface area contributed by atoms with Gasteiger partial charge in [-0.05, 0) is 55.2 Å². The summed E-state index contributed by atoms with van der Waals surface area (Å²) in [5.74, 6) is -0.797. The zero-order chi connectivity index (χ0) is 28.6. The van der Waals surface area contributed by atoms with E-state index in [2.05, 4.69) is 5.32 Å². The number of amides is 2. The van der Waals surface area contributed by atoms with E-state index < -0.39 is 28.5 Å². The van der Waals surface area contributed by atoms with Crippen molar-refractivity contribution in [2.45, 2.75) is 52.2 Å². The number of halogens is 1. The Morgan fingerprint density at radius 3 is 2.21 bits per heavy atom. The standard InChI is InChI=1S/C30H36ClN3O4S/c1-5-23(3)32-30(36)28(19-24-13-7-6-8-14-24)33(20-25-15-11-16-26(31)18-25)29(35)21-34(39(4,37)38)27-17-10-9-12-22(27)2/h6-18,23,28H,5,19-21H2,1-4H3,(H,32,36)/t23-,28-/m1/s1. The van der Waals surface area contributed by atoms with E-state index in [0.717, 1.165) is 28.1 Å². The number of nitrogens with zero attached hydrogens (tertiary/aromatic N) is 2. The topological polar surface area (TPSA) is 86.8 Å². The van der Waals surface area contributed by atoms with Crippen LogP contribution in [-0.2, 0) is 32.6 Å². The Hall–Kier alpha value is -3.36. The molecule has 0 radical (unpaired) electrons. The van der Waals surface area contributed by atoms with Crippen LogP contribution in [0, 0.1) is 6.92 Å². The van der Waals surface area contributed by atoms with Crippen LogP contribution in [0.1, 0.15) is 37.0 Å². The number of sulfonamides is 1. The molecule has 0 saturated carbocycles. The van der Waals surface area contributed by atoms with E-state index in [1.807, 2.05) is 56.3 Å². The monoisotopic (exact) mass is 569 g/mol. The molecule has 0 heterocycles. The van der Waals surface area contributed by atoms with Crippen molar-refractivity contribution in [3.8, 4) is 0 Å². The Labute approximate surface area is 236 Å². The third kappa shape index (κ3) is 8.57. The fourth-order valence-corrected chi connectivity index (χ4v) is 5.39. The zero-order valence-corrected chi connectivity index (χ0v) is 24.4. The summed E-state index contributed by atoms with van der Waals surface area (Å²) in [6.07, 6.45) is 2.06. The molecule has 0 aliphatic heterocycles. The molecule has 0 fully saturated rings. The molecule has 0 unspecified atom stereocenters. The molecule has 0 spiro atoms. The van der Waals surface area contributed by atoms with E-state index >= 15 is 0 Å². The molecule has 1 N–H and O–H groups in total. The molecule has 208 valence electrons. The van der Waals surface area contributed by atoms with Gasteiger partial charge in [-0.3, -0.25) is 13.9 Å². The molecular formula is C30H36ClN3O4S. The second-order valence-corrected chi connectivity index (χ2v) is 12.1. The number of rotatable bonds is 12. The van der Waals surface area contributed by atoms with Crippen molar-refractivity contribution in [2.75, 3.05) is 17.1 Å². The Balaban J connectivity index is 2.07. The number of carbonyl (C=O) groups excluding carboxylic acids is 2. The second kappa shape index (κ2) is 13.6. The molecule has 2 atom stereocenters. The van der Waals surface area contributed by atoms with Gasteiger partial charge in [-0.25, -0.2) is 8.42 Å². The first kappa shape index (κ1) is 30.2. The number of aryl methyl sites for hydroxylation is 1. The molecule has 0 aliphatic carbocycles. The third-order valence-electron chi connectivity index (χ3n) is 6.58. The Morgan fingerprint density at radius 1 is 0.949 bits per heavy atom. The summed E-state index contributed by atoms with van der Waals surface area (Å²) in [7, 11) is -3.81. The highest BCUT2D eigenvalue weighted by molar-refractivity contribution is 7.92. The van der Waals surface area contributed by atoms with Crippen molar-refractivity contribution in [3.63, 3.8) is 0 Å². The minimum atomic E-state index is -3.81. The van der Waals surface area contributed by atoms with Crippen molar-refractivity contribution < 1.29 is 18.0 Å². The highest BCUT2D eigenvalue weighted by Crippen LogP contribution is 2.24. The Kier molecular flexibility index (Phi) is 10.5. The van der Waals surface area contributed by atoms with Gasteiger partial charge in [0.1, 0.15) is 12.6 Å². The summed E-state index contributed by atoms with van der Waals surface area (Å²) < 4.78 is 26.9. The van der Waals surface area contributed by atoms with Crippen molar-refractivity contribution >= 4 is 39.1 Å². The summed E-state index contributed by atoms with van der Waals surface area (Å²) in [6.45, 7) is 5.30. The number of hydrogen-bond donors (Lipinski definition) is 1. The lowest BCUT2D eigenvalue weighted by atomic mass is 10.0. The van der Waals surface area contributed by atoms with Crippen molar-refractivity contribution in [3.05, 3.63) is 101 Å². The van der Waals surface area contributed by atoms with Crippen LogP contribution in [0.4, 0.5) is 5.69 Å². The molecule has 39 heavy (non-hydrogen) atoms. The van der Waals surface area contributed by atoms with Gasteiger partial charge in [0, 0.05) is 24.0 Å². The molecule has 0 aliphatic rings. The average molecular weight is 570 g/mol. The van der Waals surface area contributed by atoms with Gasteiger partial charge < -0.3 is 10.2 Å². The molecule has 0 saturated heterocycles. The Bertz CT molecular complexity index is 1380.